The number of benzene rings is 2. The molecule has 0 aliphatic carbocycles. The van der Waals surface area contributed by atoms with Gasteiger partial charge in [0.1, 0.15) is 0 Å². The first-order valence-electron chi connectivity index (χ1n) is 8.45. The van der Waals surface area contributed by atoms with Crippen molar-refractivity contribution in [2.75, 3.05) is 23.8 Å². The van der Waals surface area contributed by atoms with Crippen molar-refractivity contribution in [1.82, 2.24) is 0 Å². The Hall–Kier alpha value is -2.82. The Morgan fingerprint density at radius 2 is 1.80 bits per heavy atom. The maximum atomic E-state index is 12.3. The van der Waals surface area contributed by atoms with Crippen molar-refractivity contribution in [2.45, 2.75) is 27.2 Å². The number of hydrogen-bond donors (Lipinski definition) is 2. The van der Waals surface area contributed by atoms with Crippen molar-refractivity contribution >= 4 is 23.3 Å². The lowest BCUT2D eigenvalue weighted by Gasteiger charge is -2.14. The Bertz CT molecular complexity index is 756. The predicted octanol–water partition coefficient (Wildman–Crippen LogP) is 3.78. The SMILES string of the molecule is CCOC(=O)c1ccccc1NCC(=O)Nc1c(C)cccc1CC. The molecule has 0 bridgehead atoms. The number of nitrogens with one attached hydrogen (secondary N) is 2. The van der Waals surface area contributed by atoms with Gasteiger partial charge < -0.3 is 15.4 Å². The van der Waals surface area contributed by atoms with Crippen LogP contribution < -0.4 is 10.6 Å². The lowest BCUT2D eigenvalue weighted by atomic mass is 10.1. The standard InChI is InChI=1S/C20H24N2O3/c1-4-15-10-8-9-14(3)19(15)22-18(23)13-21-17-12-7-6-11-16(17)20(24)25-5-2/h6-12,21H,4-5,13H2,1-3H3,(H,22,23). The van der Waals surface area contributed by atoms with Crippen LogP contribution >= 0.6 is 0 Å². The lowest BCUT2D eigenvalue weighted by molar-refractivity contribution is -0.114. The molecule has 5 nitrogen and oxygen atoms in total. The van der Waals surface area contributed by atoms with E-state index >= 15 is 0 Å². The molecule has 2 N–H and O–H groups in total. The summed E-state index contributed by atoms with van der Waals surface area (Å²) in [6.07, 6.45) is 0.844. The van der Waals surface area contributed by atoms with Gasteiger partial charge in [-0.15, -0.1) is 0 Å². The van der Waals surface area contributed by atoms with Crippen molar-refractivity contribution < 1.29 is 14.3 Å². The van der Waals surface area contributed by atoms with Crippen molar-refractivity contribution in [3.63, 3.8) is 0 Å². The highest BCUT2D eigenvalue weighted by molar-refractivity contribution is 5.98. The summed E-state index contributed by atoms with van der Waals surface area (Å²) in [5, 5.41) is 5.97. The number of esters is 1. The molecule has 132 valence electrons. The number of ether oxygens (including phenoxy) is 1. The summed E-state index contributed by atoms with van der Waals surface area (Å²) in [5.74, 6) is -0.569. The van der Waals surface area contributed by atoms with E-state index in [1.165, 1.54) is 0 Å². The smallest absolute Gasteiger partial charge is 0.340 e. The van der Waals surface area contributed by atoms with Gasteiger partial charge in [0, 0.05) is 11.4 Å². The molecule has 1 amide bonds. The molecule has 0 saturated carbocycles. The summed E-state index contributed by atoms with van der Waals surface area (Å²) in [4.78, 5) is 24.3. The van der Waals surface area contributed by atoms with Gasteiger partial charge in [-0.3, -0.25) is 4.79 Å². The average molecular weight is 340 g/mol. The molecule has 0 aromatic heterocycles. The maximum absolute atomic E-state index is 12.3. The van der Waals surface area contributed by atoms with Crippen LogP contribution in [0.3, 0.4) is 0 Å². The van der Waals surface area contributed by atoms with Gasteiger partial charge in [-0.2, -0.15) is 0 Å². The molecule has 0 atom stereocenters. The highest BCUT2D eigenvalue weighted by Gasteiger charge is 2.13. The van der Waals surface area contributed by atoms with Crippen LogP contribution in [-0.4, -0.2) is 25.0 Å². The van der Waals surface area contributed by atoms with Crippen LogP contribution in [0.4, 0.5) is 11.4 Å². The Labute approximate surface area is 148 Å². The fraction of sp³-hybridized carbons (Fsp3) is 0.300. The molecule has 0 spiro atoms. The Morgan fingerprint density at radius 3 is 2.52 bits per heavy atom. The van der Waals surface area contributed by atoms with Crippen LogP contribution in [0.1, 0.15) is 35.3 Å². The van der Waals surface area contributed by atoms with E-state index in [1.54, 1.807) is 31.2 Å². The molecule has 0 saturated heterocycles. The predicted molar refractivity (Wildman–Crippen MR) is 100 cm³/mol. The van der Waals surface area contributed by atoms with Crippen molar-refractivity contribution in [1.29, 1.82) is 0 Å². The van der Waals surface area contributed by atoms with Crippen molar-refractivity contribution in [2.24, 2.45) is 0 Å². The van der Waals surface area contributed by atoms with E-state index < -0.39 is 5.97 Å². The molecule has 0 fully saturated rings. The minimum atomic E-state index is -0.404. The number of anilines is 2. The third-order valence-electron chi connectivity index (χ3n) is 3.87. The van der Waals surface area contributed by atoms with Gasteiger partial charge in [-0.05, 0) is 43.5 Å². The second kappa shape index (κ2) is 8.87. The zero-order chi connectivity index (χ0) is 18.2. The van der Waals surface area contributed by atoms with Gasteiger partial charge in [-0.25, -0.2) is 4.79 Å². The summed E-state index contributed by atoms with van der Waals surface area (Å²) in [6.45, 7) is 6.15. The molecule has 5 heteroatoms. The number of para-hydroxylation sites is 2. The molecule has 25 heavy (non-hydrogen) atoms. The molecule has 2 aromatic carbocycles. The fourth-order valence-electron chi connectivity index (χ4n) is 2.59. The first-order valence-corrected chi connectivity index (χ1v) is 8.45. The topological polar surface area (TPSA) is 67.4 Å². The average Bonchev–Trinajstić information content (AvgIpc) is 2.62. The van der Waals surface area contributed by atoms with Gasteiger partial charge in [0.25, 0.3) is 0 Å². The number of amides is 1. The van der Waals surface area contributed by atoms with Crippen LogP contribution in [0, 0.1) is 6.92 Å². The maximum Gasteiger partial charge on any atom is 0.340 e. The Balaban J connectivity index is 2.05. The van der Waals surface area contributed by atoms with Crippen LogP contribution in [0.15, 0.2) is 42.5 Å². The Morgan fingerprint density at radius 1 is 1.04 bits per heavy atom. The van der Waals surface area contributed by atoms with Crippen molar-refractivity contribution in [3.05, 3.63) is 59.2 Å². The number of carbonyl (C=O) groups is 2. The number of rotatable bonds is 7. The van der Waals surface area contributed by atoms with Crippen molar-refractivity contribution in [3.8, 4) is 0 Å². The van der Waals surface area contributed by atoms with E-state index in [1.807, 2.05) is 25.1 Å². The van der Waals surface area contributed by atoms with Crippen LogP contribution in [-0.2, 0) is 16.0 Å². The van der Waals surface area contributed by atoms with E-state index in [2.05, 4.69) is 17.6 Å². The van der Waals surface area contributed by atoms with E-state index in [4.69, 9.17) is 4.74 Å². The zero-order valence-electron chi connectivity index (χ0n) is 14.9. The summed E-state index contributed by atoms with van der Waals surface area (Å²) >= 11 is 0. The molecule has 0 unspecified atom stereocenters. The molecule has 0 heterocycles. The summed E-state index contributed by atoms with van der Waals surface area (Å²) in [7, 11) is 0. The molecule has 0 aliphatic rings. The summed E-state index contributed by atoms with van der Waals surface area (Å²) in [6, 6.07) is 13.0. The molecule has 2 rings (SSSR count). The normalized spacial score (nSPS) is 10.2. The van der Waals surface area contributed by atoms with Crippen LogP contribution in [0.5, 0.6) is 0 Å². The fourth-order valence-corrected chi connectivity index (χ4v) is 2.59. The molecule has 0 radical (unpaired) electrons. The van der Waals surface area contributed by atoms with Gasteiger partial charge >= 0.3 is 5.97 Å². The van der Waals surface area contributed by atoms with Gasteiger partial charge in [-0.1, -0.05) is 37.3 Å². The molecular weight excluding hydrogens is 316 g/mol. The number of aryl methyl sites for hydroxylation is 2. The number of carbonyl (C=O) groups excluding carboxylic acids is 2. The second-order valence-electron chi connectivity index (χ2n) is 5.63. The van der Waals surface area contributed by atoms with E-state index in [0.717, 1.165) is 23.2 Å². The quantitative estimate of drug-likeness (QED) is 0.753. The van der Waals surface area contributed by atoms with Gasteiger partial charge in [0.15, 0.2) is 0 Å². The highest BCUT2D eigenvalue weighted by atomic mass is 16.5. The monoisotopic (exact) mass is 340 g/mol. The lowest BCUT2D eigenvalue weighted by Crippen LogP contribution is -2.23. The van der Waals surface area contributed by atoms with Crippen LogP contribution in [0.25, 0.3) is 0 Å². The zero-order valence-corrected chi connectivity index (χ0v) is 14.9. The van der Waals surface area contributed by atoms with E-state index in [0.29, 0.717) is 17.9 Å². The van der Waals surface area contributed by atoms with E-state index in [9.17, 15) is 9.59 Å². The molecular formula is C20H24N2O3. The number of hydrogen-bond acceptors (Lipinski definition) is 4. The Kier molecular flexibility index (Phi) is 6.57. The minimum Gasteiger partial charge on any atom is -0.462 e. The summed E-state index contributed by atoms with van der Waals surface area (Å²) < 4.78 is 5.04. The largest absolute Gasteiger partial charge is 0.462 e. The van der Waals surface area contributed by atoms with Crippen LogP contribution in [0.2, 0.25) is 0 Å². The van der Waals surface area contributed by atoms with Gasteiger partial charge in [0.2, 0.25) is 5.91 Å². The third kappa shape index (κ3) is 4.83. The first-order chi connectivity index (χ1) is 12.1. The van der Waals surface area contributed by atoms with E-state index in [-0.39, 0.29) is 12.5 Å². The molecule has 2 aromatic rings. The minimum absolute atomic E-state index is 0.0634. The highest BCUT2D eigenvalue weighted by Crippen LogP contribution is 2.21. The second-order valence-corrected chi connectivity index (χ2v) is 5.63. The third-order valence-corrected chi connectivity index (χ3v) is 3.87. The first kappa shape index (κ1) is 18.5. The molecule has 0 aliphatic heterocycles. The summed E-state index contributed by atoms with van der Waals surface area (Å²) in [5.41, 5.74) is 3.98. The van der Waals surface area contributed by atoms with Gasteiger partial charge in [0.05, 0.1) is 18.7 Å².